The Labute approximate surface area is 179 Å². The first-order chi connectivity index (χ1) is 14.7. The van der Waals surface area contributed by atoms with E-state index in [-0.39, 0.29) is 22.6 Å². The highest BCUT2D eigenvalue weighted by Gasteiger charge is 2.25. The van der Waals surface area contributed by atoms with Crippen LogP contribution in [-0.2, 0) is 9.84 Å². The van der Waals surface area contributed by atoms with E-state index in [1.807, 2.05) is 18.5 Å². The molecule has 1 saturated heterocycles. The van der Waals surface area contributed by atoms with Gasteiger partial charge in [0.25, 0.3) is 0 Å². The summed E-state index contributed by atoms with van der Waals surface area (Å²) in [6.45, 7) is 5.57. The summed E-state index contributed by atoms with van der Waals surface area (Å²) >= 11 is 0. The Kier molecular flexibility index (Phi) is 5.69. The van der Waals surface area contributed by atoms with Gasteiger partial charge >= 0.3 is 6.01 Å². The second-order valence-corrected chi connectivity index (χ2v) is 9.91. The molecule has 0 unspecified atom stereocenters. The molecular weight excluding hydrogens is 425 g/mol. The fourth-order valence-electron chi connectivity index (χ4n) is 3.47. The third-order valence-electron chi connectivity index (χ3n) is 5.17. The van der Waals surface area contributed by atoms with Crippen molar-refractivity contribution in [3.63, 3.8) is 0 Å². The summed E-state index contributed by atoms with van der Waals surface area (Å²) < 4.78 is 50.0. The Bertz CT molecular complexity index is 1170. The van der Waals surface area contributed by atoms with E-state index < -0.39 is 15.7 Å². The van der Waals surface area contributed by atoms with E-state index in [0.717, 1.165) is 38.3 Å². The van der Waals surface area contributed by atoms with Crippen LogP contribution in [0.15, 0.2) is 40.0 Å². The van der Waals surface area contributed by atoms with Crippen molar-refractivity contribution >= 4 is 15.9 Å². The average molecular weight is 450 g/mol. The lowest BCUT2D eigenvalue weighted by atomic mass is 10.1. The highest BCUT2D eigenvalue weighted by Crippen LogP contribution is 2.29. The fraction of sp³-hybridized carbons (Fsp3) is 0.450. The molecule has 1 fully saturated rings. The maximum atomic E-state index is 14.1. The highest BCUT2D eigenvalue weighted by molar-refractivity contribution is 7.90. The largest absolute Gasteiger partial charge is 0.454 e. The van der Waals surface area contributed by atoms with E-state index in [9.17, 15) is 12.8 Å². The molecule has 0 saturated carbocycles. The molecular formula is C20H24FN5O4S. The van der Waals surface area contributed by atoms with E-state index in [1.165, 1.54) is 12.1 Å². The second-order valence-electron chi connectivity index (χ2n) is 7.93. The van der Waals surface area contributed by atoms with Gasteiger partial charge in [-0.3, -0.25) is 4.68 Å². The number of halogens is 1. The third-order valence-corrected chi connectivity index (χ3v) is 6.30. The zero-order valence-electron chi connectivity index (χ0n) is 17.5. The number of sulfone groups is 1. The van der Waals surface area contributed by atoms with Crippen LogP contribution >= 0.6 is 0 Å². The van der Waals surface area contributed by atoms with Gasteiger partial charge in [0.2, 0.25) is 0 Å². The van der Waals surface area contributed by atoms with E-state index in [0.29, 0.717) is 17.6 Å². The van der Waals surface area contributed by atoms with Crippen LogP contribution in [0.2, 0.25) is 0 Å². The van der Waals surface area contributed by atoms with Gasteiger partial charge < -0.3 is 14.2 Å². The third kappa shape index (κ3) is 4.71. The summed E-state index contributed by atoms with van der Waals surface area (Å²) in [7, 11) is -3.63. The Hall–Kier alpha value is -2.95. The molecule has 166 valence electrons. The van der Waals surface area contributed by atoms with Gasteiger partial charge in [-0.15, -0.1) is 0 Å². The number of hydrogen-bond acceptors (Lipinski definition) is 8. The molecule has 0 spiro atoms. The lowest BCUT2D eigenvalue weighted by molar-refractivity contribution is 0.340. The molecule has 1 aliphatic heterocycles. The van der Waals surface area contributed by atoms with Crippen molar-refractivity contribution in [2.24, 2.45) is 0 Å². The number of aromatic nitrogens is 4. The van der Waals surface area contributed by atoms with Crippen molar-refractivity contribution in [3.8, 4) is 11.5 Å². The number of benzene rings is 1. The first-order valence-corrected chi connectivity index (χ1v) is 11.9. The van der Waals surface area contributed by atoms with E-state index >= 15 is 0 Å². The monoisotopic (exact) mass is 449 g/mol. The molecule has 0 amide bonds. The summed E-state index contributed by atoms with van der Waals surface area (Å²) in [5.74, 6) is 0.728. The molecule has 0 bridgehead atoms. The van der Waals surface area contributed by atoms with Gasteiger partial charge in [0.1, 0.15) is 16.5 Å². The number of anilines is 1. The van der Waals surface area contributed by atoms with Gasteiger partial charge in [-0.25, -0.2) is 12.8 Å². The lowest BCUT2D eigenvalue weighted by Crippen LogP contribution is -2.35. The predicted molar refractivity (Wildman–Crippen MR) is 111 cm³/mol. The molecule has 3 heterocycles. The van der Waals surface area contributed by atoms with Crippen molar-refractivity contribution in [1.82, 2.24) is 19.9 Å². The Balaban J connectivity index is 1.38. The van der Waals surface area contributed by atoms with Crippen molar-refractivity contribution in [2.45, 2.75) is 43.5 Å². The SMILES string of the molecule is CC(C)c1noc(N2CCC(n3cc(Oc4ccc(S(C)(=O)=O)c(F)c4)cn3)CC2)n1. The lowest BCUT2D eigenvalue weighted by Gasteiger charge is -2.30. The van der Waals surface area contributed by atoms with E-state index in [1.54, 1.807) is 12.4 Å². The minimum Gasteiger partial charge on any atom is -0.454 e. The maximum Gasteiger partial charge on any atom is 0.324 e. The fourth-order valence-corrected chi connectivity index (χ4v) is 4.19. The highest BCUT2D eigenvalue weighted by atomic mass is 32.2. The summed E-state index contributed by atoms with van der Waals surface area (Å²) in [6, 6.07) is 4.41. The molecule has 0 aliphatic carbocycles. The van der Waals surface area contributed by atoms with E-state index in [4.69, 9.17) is 9.26 Å². The Morgan fingerprint density at radius 3 is 2.58 bits per heavy atom. The quantitative estimate of drug-likeness (QED) is 0.563. The van der Waals surface area contributed by atoms with E-state index in [2.05, 4.69) is 20.1 Å². The van der Waals surface area contributed by atoms with Crippen LogP contribution in [0.1, 0.15) is 44.5 Å². The van der Waals surface area contributed by atoms with Crippen molar-refractivity contribution < 1.29 is 22.1 Å². The average Bonchev–Trinajstić information content (AvgIpc) is 3.37. The summed E-state index contributed by atoms with van der Waals surface area (Å²) in [6.07, 6.45) is 5.97. The minimum atomic E-state index is -3.63. The van der Waals surface area contributed by atoms with Crippen LogP contribution in [-0.4, -0.2) is 47.7 Å². The molecule has 0 radical (unpaired) electrons. The normalized spacial score (nSPS) is 15.6. The zero-order valence-corrected chi connectivity index (χ0v) is 18.3. The molecule has 1 aliphatic rings. The van der Waals surface area contributed by atoms with Crippen LogP contribution in [0.25, 0.3) is 0 Å². The number of rotatable bonds is 6. The molecule has 0 atom stereocenters. The van der Waals surface area contributed by atoms with Gasteiger partial charge in [-0.05, 0) is 25.0 Å². The molecule has 2 aromatic heterocycles. The van der Waals surface area contributed by atoms with Gasteiger partial charge in [0.15, 0.2) is 21.4 Å². The second kappa shape index (κ2) is 8.29. The van der Waals surface area contributed by atoms with Crippen LogP contribution in [0, 0.1) is 5.82 Å². The first-order valence-electron chi connectivity index (χ1n) is 10.0. The number of hydrogen-bond donors (Lipinski definition) is 0. The maximum absolute atomic E-state index is 14.1. The molecule has 1 aromatic carbocycles. The van der Waals surface area contributed by atoms with Crippen molar-refractivity contribution in [3.05, 3.63) is 42.2 Å². The smallest absolute Gasteiger partial charge is 0.324 e. The summed E-state index contributed by atoms with van der Waals surface area (Å²) in [5, 5.41) is 8.39. The Morgan fingerprint density at radius 2 is 1.97 bits per heavy atom. The van der Waals surface area contributed by atoms with Crippen molar-refractivity contribution in [1.29, 1.82) is 0 Å². The molecule has 11 heteroatoms. The molecule has 4 rings (SSSR count). The number of ether oxygens (including phenoxy) is 1. The zero-order chi connectivity index (χ0) is 22.2. The first kappa shape index (κ1) is 21.3. The standard InChI is InChI=1S/C20H24FN5O4S/c1-13(2)19-23-20(30-24-19)25-8-6-14(7-9-25)26-12-16(11-22-26)29-15-4-5-18(17(21)10-15)31(3,27)28/h4-5,10-14H,6-9H2,1-3H3. The Morgan fingerprint density at radius 1 is 1.23 bits per heavy atom. The molecule has 3 aromatic rings. The molecule has 31 heavy (non-hydrogen) atoms. The van der Waals surface area contributed by atoms with Gasteiger partial charge in [0, 0.05) is 31.3 Å². The number of nitrogens with zero attached hydrogens (tertiary/aromatic N) is 5. The summed E-state index contributed by atoms with van der Waals surface area (Å²) in [4.78, 5) is 6.16. The number of piperidine rings is 1. The molecule has 0 N–H and O–H groups in total. The van der Waals surface area contributed by atoms with Gasteiger partial charge in [-0.2, -0.15) is 10.1 Å². The predicted octanol–water partition coefficient (Wildman–Crippen LogP) is 3.57. The van der Waals surface area contributed by atoms with Crippen LogP contribution < -0.4 is 9.64 Å². The van der Waals surface area contributed by atoms with Crippen LogP contribution in [0.3, 0.4) is 0 Å². The topological polar surface area (TPSA) is 103 Å². The minimum absolute atomic E-state index is 0.186. The van der Waals surface area contributed by atoms with Crippen LogP contribution in [0.5, 0.6) is 11.5 Å². The van der Waals surface area contributed by atoms with Gasteiger partial charge in [0.05, 0.1) is 18.4 Å². The van der Waals surface area contributed by atoms with Crippen molar-refractivity contribution in [2.75, 3.05) is 24.2 Å². The summed E-state index contributed by atoms with van der Waals surface area (Å²) in [5.41, 5.74) is 0. The molecule has 9 nitrogen and oxygen atoms in total. The van der Waals surface area contributed by atoms with Gasteiger partial charge in [-0.1, -0.05) is 19.0 Å². The van der Waals surface area contributed by atoms with Crippen LogP contribution in [0.4, 0.5) is 10.4 Å².